The van der Waals surface area contributed by atoms with Crippen LogP contribution in [0.1, 0.15) is 39.5 Å². The molecule has 2 N–H and O–H groups in total. The van der Waals surface area contributed by atoms with E-state index in [0.29, 0.717) is 6.54 Å². The van der Waals surface area contributed by atoms with Crippen molar-refractivity contribution in [2.24, 2.45) is 5.41 Å². The van der Waals surface area contributed by atoms with Gasteiger partial charge < -0.3 is 15.4 Å². The molecule has 0 aliphatic carbocycles. The van der Waals surface area contributed by atoms with Gasteiger partial charge in [0.05, 0.1) is 11.5 Å². The van der Waals surface area contributed by atoms with E-state index in [1.807, 2.05) is 6.92 Å². The van der Waals surface area contributed by atoms with Gasteiger partial charge in [0.15, 0.2) is 0 Å². The van der Waals surface area contributed by atoms with E-state index in [1.54, 1.807) is 7.11 Å². The molecule has 100 valence electrons. The van der Waals surface area contributed by atoms with Crippen molar-refractivity contribution in [3.05, 3.63) is 0 Å². The zero-order chi connectivity index (χ0) is 12.7. The molecule has 17 heavy (non-hydrogen) atoms. The number of amides is 1. The van der Waals surface area contributed by atoms with Crippen molar-refractivity contribution in [2.75, 3.05) is 26.7 Å². The van der Waals surface area contributed by atoms with Crippen LogP contribution in [0.3, 0.4) is 0 Å². The number of hydrogen-bond donors (Lipinski definition) is 2. The van der Waals surface area contributed by atoms with Gasteiger partial charge in [-0.1, -0.05) is 13.3 Å². The van der Waals surface area contributed by atoms with E-state index in [-0.39, 0.29) is 17.4 Å². The zero-order valence-corrected chi connectivity index (χ0v) is 11.3. The van der Waals surface area contributed by atoms with E-state index < -0.39 is 0 Å². The lowest BCUT2D eigenvalue weighted by Gasteiger charge is -2.36. The van der Waals surface area contributed by atoms with Crippen molar-refractivity contribution in [2.45, 2.75) is 45.6 Å². The van der Waals surface area contributed by atoms with Crippen LogP contribution in [-0.4, -0.2) is 38.8 Å². The summed E-state index contributed by atoms with van der Waals surface area (Å²) in [5.74, 6) is 0.213. The number of hydrogen-bond acceptors (Lipinski definition) is 3. The summed E-state index contributed by atoms with van der Waals surface area (Å²) in [4.78, 5) is 12.3. The third-order valence-corrected chi connectivity index (χ3v) is 3.72. The molecule has 1 heterocycles. The molecule has 1 amide bonds. The summed E-state index contributed by atoms with van der Waals surface area (Å²) >= 11 is 0. The third kappa shape index (κ3) is 3.96. The maximum absolute atomic E-state index is 12.3. The van der Waals surface area contributed by atoms with Crippen LogP contribution in [0.5, 0.6) is 0 Å². The molecular weight excluding hydrogens is 216 g/mol. The van der Waals surface area contributed by atoms with Crippen molar-refractivity contribution in [1.82, 2.24) is 10.6 Å². The maximum Gasteiger partial charge on any atom is 0.226 e. The Bertz CT molecular complexity index is 232. The van der Waals surface area contributed by atoms with Crippen LogP contribution < -0.4 is 10.6 Å². The molecule has 0 bridgehead atoms. The van der Waals surface area contributed by atoms with Crippen LogP contribution in [0.25, 0.3) is 0 Å². The average Bonchev–Trinajstić information content (AvgIpc) is 2.36. The molecule has 0 aromatic heterocycles. The minimum absolute atomic E-state index is 0.0827. The molecule has 0 aromatic rings. The van der Waals surface area contributed by atoms with Gasteiger partial charge in [0.2, 0.25) is 5.91 Å². The lowest BCUT2D eigenvalue weighted by molar-refractivity contribution is -0.133. The number of carbonyl (C=O) groups excluding carboxylic acids is 1. The van der Waals surface area contributed by atoms with Crippen molar-refractivity contribution in [1.29, 1.82) is 0 Å². The number of carbonyl (C=O) groups is 1. The molecule has 1 aliphatic heterocycles. The van der Waals surface area contributed by atoms with Crippen LogP contribution >= 0.6 is 0 Å². The van der Waals surface area contributed by atoms with Gasteiger partial charge in [-0.3, -0.25) is 4.79 Å². The van der Waals surface area contributed by atoms with Crippen molar-refractivity contribution in [3.8, 4) is 0 Å². The highest BCUT2D eigenvalue weighted by atomic mass is 16.5. The van der Waals surface area contributed by atoms with Gasteiger partial charge in [-0.25, -0.2) is 0 Å². The van der Waals surface area contributed by atoms with E-state index in [0.717, 1.165) is 38.8 Å². The van der Waals surface area contributed by atoms with Gasteiger partial charge in [0.1, 0.15) is 0 Å². The third-order valence-electron chi connectivity index (χ3n) is 3.72. The average molecular weight is 242 g/mol. The first kappa shape index (κ1) is 14.5. The smallest absolute Gasteiger partial charge is 0.226 e. The Balaban J connectivity index is 2.53. The van der Waals surface area contributed by atoms with Gasteiger partial charge in [0, 0.05) is 13.7 Å². The predicted molar refractivity (Wildman–Crippen MR) is 68.9 cm³/mol. The molecule has 4 nitrogen and oxygen atoms in total. The fraction of sp³-hybridized carbons (Fsp3) is 0.923. The van der Waals surface area contributed by atoms with Gasteiger partial charge in [-0.2, -0.15) is 0 Å². The highest BCUT2D eigenvalue weighted by Gasteiger charge is 2.38. The fourth-order valence-corrected chi connectivity index (χ4v) is 2.48. The number of methoxy groups -OCH3 is 1. The molecule has 1 rings (SSSR count). The van der Waals surface area contributed by atoms with Crippen molar-refractivity contribution in [3.63, 3.8) is 0 Å². The molecule has 1 atom stereocenters. The number of piperidine rings is 1. The number of ether oxygens (including phenoxy) is 1. The number of nitrogens with one attached hydrogen (secondary N) is 2. The van der Waals surface area contributed by atoms with Crippen LogP contribution in [0.15, 0.2) is 0 Å². The van der Waals surface area contributed by atoms with Gasteiger partial charge >= 0.3 is 0 Å². The van der Waals surface area contributed by atoms with Crippen LogP contribution in [-0.2, 0) is 9.53 Å². The standard InChI is InChI=1S/C13H26N2O2/c1-4-5-13(6-8-14-9-7-13)12(16)15-10-11(2)17-3/h11,14H,4-10H2,1-3H3,(H,15,16). The molecule has 4 heteroatoms. The lowest BCUT2D eigenvalue weighted by atomic mass is 9.74. The molecule has 0 aromatic carbocycles. The van der Waals surface area contributed by atoms with Crippen molar-refractivity contribution < 1.29 is 9.53 Å². The van der Waals surface area contributed by atoms with E-state index in [2.05, 4.69) is 17.6 Å². The minimum Gasteiger partial charge on any atom is -0.380 e. The fourth-order valence-electron chi connectivity index (χ4n) is 2.48. The second kappa shape index (κ2) is 6.97. The SMILES string of the molecule is CCCC1(C(=O)NCC(C)OC)CCNCC1. The largest absolute Gasteiger partial charge is 0.380 e. The highest BCUT2D eigenvalue weighted by Crippen LogP contribution is 2.34. The predicted octanol–water partition coefficient (Wildman–Crippen LogP) is 1.31. The zero-order valence-electron chi connectivity index (χ0n) is 11.3. The molecule has 0 saturated carbocycles. The second-order valence-electron chi connectivity index (χ2n) is 5.04. The Hall–Kier alpha value is -0.610. The van der Waals surface area contributed by atoms with Crippen LogP contribution in [0.2, 0.25) is 0 Å². The van der Waals surface area contributed by atoms with Crippen molar-refractivity contribution >= 4 is 5.91 Å². The summed E-state index contributed by atoms with van der Waals surface area (Å²) in [5.41, 5.74) is -0.145. The molecule has 0 radical (unpaired) electrons. The van der Waals surface area contributed by atoms with Gasteiger partial charge in [-0.15, -0.1) is 0 Å². The Labute approximate surface area is 104 Å². The van der Waals surface area contributed by atoms with Crippen LogP contribution in [0.4, 0.5) is 0 Å². The summed E-state index contributed by atoms with van der Waals surface area (Å²) in [6, 6.07) is 0. The Morgan fingerprint density at radius 3 is 2.65 bits per heavy atom. The van der Waals surface area contributed by atoms with E-state index in [1.165, 1.54) is 0 Å². The van der Waals surface area contributed by atoms with Gasteiger partial charge in [0.25, 0.3) is 0 Å². The summed E-state index contributed by atoms with van der Waals surface area (Å²) in [7, 11) is 1.67. The molecule has 1 unspecified atom stereocenters. The first-order chi connectivity index (χ1) is 8.14. The highest BCUT2D eigenvalue weighted by molar-refractivity contribution is 5.82. The van der Waals surface area contributed by atoms with E-state index in [4.69, 9.17) is 4.74 Å². The monoisotopic (exact) mass is 242 g/mol. The second-order valence-corrected chi connectivity index (χ2v) is 5.04. The molecule has 1 saturated heterocycles. The summed E-state index contributed by atoms with van der Waals surface area (Å²) in [6.45, 7) is 6.62. The summed E-state index contributed by atoms with van der Waals surface area (Å²) in [6.07, 6.45) is 4.04. The van der Waals surface area contributed by atoms with E-state index >= 15 is 0 Å². The topological polar surface area (TPSA) is 50.4 Å². The van der Waals surface area contributed by atoms with Crippen LogP contribution in [0, 0.1) is 5.41 Å². The lowest BCUT2D eigenvalue weighted by Crippen LogP contribution is -2.49. The Morgan fingerprint density at radius 2 is 2.12 bits per heavy atom. The first-order valence-electron chi connectivity index (χ1n) is 6.66. The quantitative estimate of drug-likeness (QED) is 0.738. The number of rotatable bonds is 6. The summed E-state index contributed by atoms with van der Waals surface area (Å²) < 4.78 is 5.15. The summed E-state index contributed by atoms with van der Waals surface area (Å²) in [5, 5.41) is 6.36. The Kier molecular flexibility index (Phi) is 5.92. The van der Waals surface area contributed by atoms with E-state index in [9.17, 15) is 4.79 Å². The molecule has 0 spiro atoms. The molecule has 1 aliphatic rings. The minimum atomic E-state index is -0.145. The Morgan fingerprint density at radius 1 is 1.47 bits per heavy atom. The molecule has 1 fully saturated rings. The molecular formula is C13H26N2O2. The first-order valence-corrected chi connectivity index (χ1v) is 6.66. The van der Waals surface area contributed by atoms with Gasteiger partial charge in [-0.05, 0) is 39.3 Å². The normalized spacial score (nSPS) is 20.9. The maximum atomic E-state index is 12.3.